The lowest BCUT2D eigenvalue weighted by Gasteiger charge is -2.23. The maximum atomic E-state index is 12.2. The third kappa shape index (κ3) is 5.13. The lowest BCUT2D eigenvalue weighted by Crippen LogP contribution is -2.36. The molecule has 4 rings (SSSR count). The SMILES string of the molecule is O=C(CN1C=CNCC1)Nc1ccc(CCC(O)c2nc3ccccc3s2)cc1. The number of aromatic nitrogens is 1. The molecule has 0 saturated heterocycles. The lowest BCUT2D eigenvalue weighted by atomic mass is 10.1. The normalized spacial score (nSPS) is 14.6. The van der Waals surface area contributed by atoms with Crippen LogP contribution in [0.3, 0.4) is 0 Å². The summed E-state index contributed by atoms with van der Waals surface area (Å²) >= 11 is 1.54. The number of hydrogen-bond donors (Lipinski definition) is 3. The minimum atomic E-state index is -0.570. The topological polar surface area (TPSA) is 77.5 Å². The molecule has 0 fully saturated rings. The molecule has 2 aromatic carbocycles. The van der Waals surface area contributed by atoms with Gasteiger partial charge in [0.05, 0.1) is 16.8 Å². The number of benzene rings is 2. The van der Waals surface area contributed by atoms with Crippen molar-refractivity contribution in [3.05, 3.63) is 71.5 Å². The Labute approximate surface area is 173 Å². The maximum Gasteiger partial charge on any atom is 0.243 e. The molecule has 3 N–H and O–H groups in total. The minimum Gasteiger partial charge on any atom is -0.388 e. The maximum absolute atomic E-state index is 12.2. The number of carbonyl (C=O) groups excluding carboxylic acids is 1. The molecule has 7 heteroatoms. The fraction of sp³-hybridized carbons (Fsp3) is 0.273. The zero-order valence-corrected chi connectivity index (χ0v) is 16.9. The van der Waals surface area contributed by atoms with Gasteiger partial charge >= 0.3 is 0 Å². The van der Waals surface area contributed by atoms with Gasteiger partial charge in [0.2, 0.25) is 5.91 Å². The van der Waals surface area contributed by atoms with Crippen LogP contribution in [0.15, 0.2) is 60.9 Å². The fourth-order valence-corrected chi connectivity index (χ4v) is 4.24. The highest BCUT2D eigenvalue weighted by molar-refractivity contribution is 7.18. The molecule has 1 aromatic heterocycles. The smallest absolute Gasteiger partial charge is 0.243 e. The zero-order chi connectivity index (χ0) is 20.1. The quantitative estimate of drug-likeness (QED) is 0.559. The van der Waals surface area contributed by atoms with Gasteiger partial charge in [0.25, 0.3) is 0 Å². The summed E-state index contributed by atoms with van der Waals surface area (Å²) in [6.07, 6.45) is 4.54. The Morgan fingerprint density at radius 3 is 2.83 bits per heavy atom. The Bertz CT molecular complexity index is 966. The molecule has 0 bridgehead atoms. The number of carbonyl (C=O) groups is 1. The monoisotopic (exact) mass is 408 g/mol. The van der Waals surface area contributed by atoms with Crippen molar-refractivity contribution >= 4 is 33.1 Å². The van der Waals surface area contributed by atoms with Gasteiger partial charge in [0.15, 0.2) is 0 Å². The number of para-hydroxylation sites is 1. The van der Waals surface area contributed by atoms with E-state index in [1.807, 2.05) is 65.8 Å². The van der Waals surface area contributed by atoms with E-state index < -0.39 is 6.10 Å². The van der Waals surface area contributed by atoms with Gasteiger partial charge in [-0.15, -0.1) is 11.3 Å². The summed E-state index contributed by atoms with van der Waals surface area (Å²) in [5, 5.41) is 17.3. The van der Waals surface area contributed by atoms with Crippen LogP contribution < -0.4 is 10.6 Å². The first-order chi connectivity index (χ1) is 14.2. The predicted molar refractivity (Wildman–Crippen MR) is 117 cm³/mol. The van der Waals surface area contributed by atoms with E-state index in [1.54, 1.807) is 11.3 Å². The van der Waals surface area contributed by atoms with Gasteiger partial charge in [0, 0.05) is 31.2 Å². The Morgan fingerprint density at radius 1 is 1.24 bits per heavy atom. The third-order valence-corrected chi connectivity index (χ3v) is 5.97. The first-order valence-electron chi connectivity index (χ1n) is 9.74. The molecule has 29 heavy (non-hydrogen) atoms. The first kappa shape index (κ1) is 19.4. The number of nitrogens with one attached hydrogen (secondary N) is 2. The van der Waals surface area contributed by atoms with Crippen LogP contribution in [0.5, 0.6) is 0 Å². The number of nitrogens with zero attached hydrogens (tertiary/aromatic N) is 2. The van der Waals surface area contributed by atoms with E-state index in [4.69, 9.17) is 0 Å². The molecule has 1 amide bonds. The summed E-state index contributed by atoms with van der Waals surface area (Å²) in [4.78, 5) is 18.7. The first-order valence-corrected chi connectivity index (χ1v) is 10.6. The summed E-state index contributed by atoms with van der Waals surface area (Å²) in [5.41, 5.74) is 2.83. The van der Waals surface area contributed by atoms with E-state index in [-0.39, 0.29) is 5.91 Å². The zero-order valence-electron chi connectivity index (χ0n) is 16.0. The number of rotatable bonds is 7. The molecule has 0 aliphatic carbocycles. The number of hydrogen-bond acceptors (Lipinski definition) is 6. The van der Waals surface area contributed by atoms with Crippen LogP contribution in [0.2, 0.25) is 0 Å². The Morgan fingerprint density at radius 2 is 2.07 bits per heavy atom. The van der Waals surface area contributed by atoms with E-state index in [1.165, 1.54) is 0 Å². The van der Waals surface area contributed by atoms with E-state index in [9.17, 15) is 9.90 Å². The molecular weight excluding hydrogens is 384 g/mol. The summed E-state index contributed by atoms with van der Waals surface area (Å²) in [5.74, 6) is -0.0319. The van der Waals surface area contributed by atoms with Crippen LogP contribution in [0.25, 0.3) is 10.2 Å². The molecular formula is C22H24N4O2S. The standard InChI is InChI=1S/C22H24N4O2S/c27-19(22-25-18-3-1-2-4-20(18)29-22)10-7-16-5-8-17(9-6-16)24-21(28)15-26-13-11-23-12-14-26/h1-6,8-9,11,13,19,23,27H,7,10,12,14-15H2,(H,24,28). The average Bonchev–Trinajstić information content (AvgIpc) is 3.18. The van der Waals surface area contributed by atoms with E-state index in [2.05, 4.69) is 15.6 Å². The molecule has 1 aliphatic rings. The van der Waals surface area contributed by atoms with Crippen LogP contribution in [-0.4, -0.2) is 40.5 Å². The molecule has 150 valence electrons. The van der Waals surface area contributed by atoms with E-state index in [0.717, 1.165) is 46.0 Å². The van der Waals surface area contributed by atoms with Gasteiger partial charge in [0.1, 0.15) is 11.1 Å². The van der Waals surface area contributed by atoms with E-state index in [0.29, 0.717) is 13.0 Å². The van der Waals surface area contributed by atoms with Crippen LogP contribution in [0, 0.1) is 0 Å². The van der Waals surface area contributed by atoms with Crippen molar-refractivity contribution in [1.29, 1.82) is 0 Å². The predicted octanol–water partition coefficient (Wildman–Crippen LogP) is 3.28. The highest BCUT2D eigenvalue weighted by atomic mass is 32.1. The Balaban J connectivity index is 1.28. The molecule has 3 aromatic rings. The van der Waals surface area contributed by atoms with Gasteiger partial charge < -0.3 is 20.6 Å². The summed E-state index contributed by atoms with van der Waals surface area (Å²) < 4.78 is 1.10. The van der Waals surface area contributed by atoms with Crippen molar-refractivity contribution < 1.29 is 9.90 Å². The van der Waals surface area contributed by atoms with Crippen LogP contribution in [0.4, 0.5) is 5.69 Å². The van der Waals surface area contributed by atoms with Crippen molar-refractivity contribution in [2.24, 2.45) is 0 Å². The minimum absolute atomic E-state index is 0.0319. The van der Waals surface area contributed by atoms with Crippen molar-refractivity contribution in [2.45, 2.75) is 18.9 Å². The summed E-state index contributed by atoms with van der Waals surface area (Å²) in [6.45, 7) is 2.01. The second kappa shape index (κ2) is 9.07. The van der Waals surface area contributed by atoms with Gasteiger partial charge in [-0.05, 0) is 42.7 Å². The summed E-state index contributed by atoms with van der Waals surface area (Å²) in [6, 6.07) is 15.7. The van der Waals surface area contributed by atoms with Crippen molar-refractivity contribution in [3.63, 3.8) is 0 Å². The van der Waals surface area contributed by atoms with E-state index >= 15 is 0 Å². The number of anilines is 1. The van der Waals surface area contributed by atoms with Crippen molar-refractivity contribution in [2.75, 3.05) is 25.0 Å². The van der Waals surface area contributed by atoms with Crippen LogP contribution in [-0.2, 0) is 11.2 Å². The Kier molecular flexibility index (Phi) is 6.07. The van der Waals surface area contributed by atoms with Crippen molar-refractivity contribution in [3.8, 4) is 0 Å². The molecule has 0 saturated carbocycles. The molecule has 1 atom stereocenters. The van der Waals surface area contributed by atoms with Gasteiger partial charge in [-0.3, -0.25) is 4.79 Å². The number of thiazole rings is 1. The molecule has 2 heterocycles. The van der Waals surface area contributed by atoms with Crippen LogP contribution >= 0.6 is 11.3 Å². The van der Waals surface area contributed by atoms with Crippen molar-refractivity contribution in [1.82, 2.24) is 15.2 Å². The molecule has 0 radical (unpaired) electrons. The molecule has 6 nitrogen and oxygen atoms in total. The fourth-order valence-electron chi connectivity index (χ4n) is 3.26. The number of aliphatic hydroxyl groups is 1. The average molecular weight is 409 g/mol. The van der Waals surface area contributed by atoms with Gasteiger partial charge in [-0.25, -0.2) is 4.98 Å². The highest BCUT2D eigenvalue weighted by Gasteiger charge is 2.14. The molecule has 1 unspecified atom stereocenters. The molecule has 0 spiro atoms. The number of aryl methyl sites for hydroxylation is 1. The van der Waals surface area contributed by atoms with Gasteiger partial charge in [-0.2, -0.15) is 0 Å². The largest absolute Gasteiger partial charge is 0.388 e. The highest BCUT2D eigenvalue weighted by Crippen LogP contribution is 2.28. The third-order valence-electron chi connectivity index (χ3n) is 4.83. The van der Waals surface area contributed by atoms with Gasteiger partial charge in [-0.1, -0.05) is 24.3 Å². The van der Waals surface area contributed by atoms with Crippen LogP contribution in [0.1, 0.15) is 23.1 Å². The number of aliphatic hydroxyl groups excluding tert-OH is 1. The number of fused-ring (bicyclic) bond motifs is 1. The second-order valence-electron chi connectivity index (χ2n) is 7.06. The second-order valence-corrected chi connectivity index (χ2v) is 8.12. The lowest BCUT2D eigenvalue weighted by molar-refractivity contribution is -0.116. The summed E-state index contributed by atoms with van der Waals surface area (Å²) in [7, 11) is 0. The molecule has 1 aliphatic heterocycles. The number of amides is 1. The Hall–Kier alpha value is -2.90.